The lowest BCUT2D eigenvalue weighted by Crippen LogP contribution is -2.47. The summed E-state index contributed by atoms with van der Waals surface area (Å²) in [6, 6.07) is 23.6. The monoisotopic (exact) mass is 478 g/mol. The molecule has 0 amide bonds. The van der Waals surface area contributed by atoms with Gasteiger partial charge >= 0.3 is 6.18 Å². The molecule has 0 saturated carbocycles. The molecule has 5 aromatic rings. The number of halogens is 3. The van der Waals surface area contributed by atoms with Gasteiger partial charge in [-0.2, -0.15) is 18.3 Å². The first-order chi connectivity index (χ1) is 16.8. The minimum atomic E-state index is -4.98. The van der Waals surface area contributed by atoms with Crippen LogP contribution in [0.4, 0.5) is 13.2 Å². The Balaban J connectivity index is 1.47. The molecule has 5 rings (SSSR count). The second-order valence-electron chi connectivity index (χ2n) is 8.19. The van der Waals surface area contributed by atoms with Crippen LogP contribution in [0.1, 0.15) is 5.56 Å². The quantitative estimate of drug-likeness (QED) is 0.325. The molecule has 0 fully saturated rings. The van der Waals surface area contributed by atoms with E-state index in [2.05, 4.69) is 5.10 Å². The van der Waals surface area contributed by atoms with Gasteiger partial charge in [0, 0.05) is 5.39 Å². The molecule has 5 nitrogen and oxygen atoms in total. The molecule has 1 atom stereocenters. The summed E-state index contributed by atoms with van der Waals surface area (Å²) in [4.78, 5) is 0. The molecule has 35 heavy (non-hydrogen) atoms. The summed E-state index contributed by atoms with van der Waals surface area (Å²) < 4.78 is 54.8. The Bertz CT molecular complexity index is 1500. The maximum Gasteiger partial charge on any atom is 0.424 e. The lowest BCUT2D eigenvalue weighted by molar-refractivity contribution is -0.275. The molecule has 0 aliphatic heterocycles. The second kappa shape index (κ2) is 8.63. The van der Waals surface area contributed by atoms with Crippen molar-refractivity contribution in [3.8, 4) is 17.2 Å². The number of rotatable bonds is 6. The molecule has 0 radical (unpaired) electrons. The molecular weight excluding hydrogens is 457 g/mol. The molecule has 0 spiro atoms. The van der Waals surface area contributed by atoms with Gasteiger partial charge in [0.25, 0.3) is 0 Å². The number of ether oxygens (including phenoxy) is 2. The van der Waals surface area contributed by atoms with E-state index in [1.165, 1.54) is 31.5 Å². The van der Waals surface area contributed by atoms with E-state index >= 15 is 0 Å². The molecule has 4 aromatic carbocycles. The summed E-state index contributed by atoms with van der Waals surface area (Å²) >= 11 is 0. The number of methoxy groups -OCH3 is 1. The molecule has 0 saturated heterocycles. The SMILES string of the molecule is COc1ccc2ccc(OCC(O)(c3ccc4c(cnn4-c4ccccc4)c3)C(F)(F)F)cc2c1. The molecule has 8 heteroatoms. The van der Waals surface area contributed by atoms with Crippen molar-refractivity contribution in [2.75, 3.05) is 13.7 Å². The Hall–Kier alpha value is -4.04. The van der Waals surface area contributed by atoms with Crippen molar-refractivity contribution in [1.29, 1.82) is 0 Å². The van der Waals surface area contributed by atoms with Gasteiger partial charge in [0.1, 0.15) is 18.1 Å². The summed E-state index contributed by atoms with van der Waals surface area (Å²) in [5.74, 6) is 0.817. The number of aromatic nitrogens is 2. The Morgan fingerprint density at radius 3 is 2.26 bits per heavy atom. The topological polar surface area (TPSA) is 56.5 Å². The van der Waals surface area contributed by atoms with Gasteiger partial charge in [-0.3, -0.25) is 0 Å². The van der Waals surface area contributed by atoms with Crippen LogP contribution in [0, 0.1) is 0 Å². The van der Waals surface area contributed by atoms with Crippen molar-refractivity contribution in [2.24, 2.45) is 0 Å². The molecule has 1 unspecified atom stereocenters. The summed E-state index contributed by atoms with van der Waals surface area (Å²) in [6.45, 7) is -1.01. The Morgan fingerprint density at radius 1 is 0.829 bits per heavy atom. The van der Waals surface area contributed by atoms with E-state index in [-0.39, 0.29) is 11.3 Å². The molecule has 1 N–H and O–H groups in total. The van der Waals surface area contributed by atoms with Crippen LogP contribution in [0.2, 0.25) is 0 Å². The van der Waals surface area contributed by atoms with Gasteiger partial charge in [0.2, 0.25) is 5.60 Å². The zero-order valence-electron chi connectivity index (χ0n) is 18.7. The van der Waals surface area contributed by atoms with Crippen molar-refractivity contribution in [1.82, 2.24) is 9.78 Å². The molecule has 0 aliphatic rings. The van der Waals surface area contributed by atoms with Crippen LogP contribution in [0.25, 0.3) is 27.4 Å². The standard InChI is InChI=1S/C27H21F3N2O3/c1-34-23-10-7-18-8-11-24(15-19(18)14-23)35-17-26(33,27(28,29)30)21-9-12-25-20(13-21)16-31-32(25)22-5-3-2-4-6-22/h2-16,33H,17H2,1H3. The normalized spacial score (nSPS) is 13.6. The van der Waals surface area contributed by atoms with Crippen LogP contribution >= 0.6 is 0 Å². The third-order valence-electron chi connectivity index (χ3n) is 5.98. The summed E-state index contributed by atoms with van der Waals surface area (Å²) in [6.07, 6.45) is -3.50. The van der Waals surface area contributed by atoms with Gasteiger partial charge in [-0.1, -0.05) is 36.4 Å². The summed E-state index contributed by atoms with van der Waals surface area (Å²) in [5, 5.41) is 17.2. The number of nitrogens with zero attached hydrogens (tertiary/aromatic N) is 2. The second-order valence-corrected chi connectivity index (χ2v) is 8.19. The highest BCUT2D eigenvalue weighted by atomic mass is 19.4. The maximum absolute atomic E-state index is 14.1. The van der Waals surface area contributed by atoms with Crippen LogP contribution in [0.15, 0.2) is 91.1 Å². The first-order valence-corrected chi connectivity index (χ1v) is 10.8. The van der Waals surface area contributed by atoms with Crippen molar-refractivity contribution < 1.29 is 27.8 Å². The number of alkyl halides is 3. The average molecular weight is 478 g/mol. The molecule has 0 bridgehead atoms. The van der Waals surface area contributed by atoms with Gasteiger partial charge in [0.15, 0.2) is 0 Å². The van der Waals surface area contributed by atoms with Crippen molar-refractivity contribution in [3.63, 3.8) is 0 Å². The van der Waals surface area contributed by atoms with Crippen LogP contribution < -0.4 is 9.47 Å². The fraction of sp³-hybridized carbons (Fsp3) is 0.148. The van der Waals surface area contributed by atoms with Crippen LogP contribution in [0.3, 0.4) is 0 Å². The number of fused-ring (bicyclic) bond motifs is 2. The fourth-order valence-corrected chi connectivity index (χ4v) is 4.00. The van der Waals surface area contributed by atoms with E-state index in [4.69, 9.17) is 9.47 Å². The van der Waals surface area contributed by atoms with Gasteiger partial charge in [0.05, 0.1) is 24.5 Å². The Labute approximate surface area is 198 Å². The number of benzene rings is 4. The van der Waals surface area contributed by atoms with Gasteiger partial charge in [-0.05, 0) is 64.9 Å². The van der Waals surface area contributed by atoms with E-state index in [0.29, 0.717) is 16.7 Å². The zero-order chi connectivity index (χ0) is 24.6. The molecular formula is C27H21F3N2O3. The Morgan fingerprint density at radius 2 is 1.54 bits per heavy atom. The van der Waals surface area contributed by atoms with E-state index in [1.807, 2.05) is 36.4 Å². The first kappa shape index (κ1) is 22.7. The maximum atomic E-state index is 14.1. The zero-order valence-corrected chi connectivity index (χ0v) is 18.7. The number of hydrogen-bond acceptors (Lipinski definition) is 4. The van der Waals surface area contributed by atoms with Crippen LogP contribution in [-0.2, 0) is 5.60 Å². The lowest BCUT2D eigenvalue weighted by atomic mass is 9.93. The van der Waals surface area contributed by atoms with E-state index in [9.17, 15) is 18.3 Å². The Kier molecular flexibility index (Phi) is 5.61. The number of hydrogen-bond donors (Lipinski definition) is 1. The van der Waals surface area contributed by atoms with Crippen molar-refractivity contribution in [3.05, 3.63) is 96.7 Å². The van der Waals surface area contributed by atoms with Crippen LogP contribution in [-0.4, -0.2) is 34.8 Å². The highest BCUT2D eigenvalue weighted by Gasteiger charge is 2.56. The minimum absolute atomic E-state index is 0.200. The minimum Gasteiger partial charge on any atom is -0.497 e. The smallest absolute Gasteiger partial charge is 0.424 e. The van der Waals surface area contributed by atoms with E-state index in [0.717, 1.165) is 16.5 Å². The highest BCUT2D eigenvalue weighted by Crippen LogP contribution is 2.40. The third-order valence-corrected chi connectivity index (χ3v) is 5.98. The van der Waals surface area contributed by atoms with Gasteiger partial charge < -0.3 is 14.6 Å². The number of aliphatic hydroxyl groups is 1. The van der Waals surface area contributed by atoms with E-state index in [1.54, 1.807) is 35.0 Å². The molecule has 178 valence electrons. The third kappa shape index (κ3) is 4.17. The fourth-order valence-electron chi connectivity index (χ4n) is 4.00. The van der Waals surface area contributed by atoms with Gasteiger partial charge in [-0.25, -0.2) is 4.68 Å². The summed E-state index contributed by atoms with van der Waals surface area (Å²) in [7, 11) is 1.53. The largest absolute Gasteiger partial charge is 0.497 e. The predicted molar refractivity (Wildman–Crippen MR) is 127 cm³/mol. The number of para-hydroxylation sites is 1. The van der Waals surface area contributed by atoms with Crippen molar-refractivity contribution >= 4 is 21.7 Å². The summed E-state index contributed by atoms with van der Waals surface area (Å²) in [5.41, 5.74) is -2.15. The first-order valence-electron chi connectivity index (χ1n) is 10.8. The van der Waals surface area contributed by atoms with Crippen molar-refractivity contribution in [2.45, 2.75) is 11.8 Å². The van der Waals surface area contributed by atoms with E-state index < -0.39 is 18.4 Å². The molecule has 1 heterocycles. The average Bonchev–Trinajstić information content (AvgIpc) is 3.30. The lowest BCUT2D eigenvalue weighted by Gasteiger charge is -2.31. The molecule has 1 aromatic heterocycles. The van der Waals surface area contributed by atoms with Gasteiger partial charge in [-0.15, -0.1) is 0 Å². The highest BCUT2D eigenvalue weighted by molar-refractivity contribution is 5.85. The van der Waals surface area contributed by atoms with Crippen LogP contribution in [0.5, 0.6) is 11.5 Å². The predicted octanol–water partition coefficient (Wildman–Crippen LogP) is 6.02. The molecule has 0 aliphatic carbocycles.